The van der Waals surface area contributed by atoms with Crippen LogP contribution in [0.25, 0.3) is 11.3 Å². The van der Waals surface area contributed by atoms with E-state index in [2.05, 4.69) is 10.1 Å². The highest BCUT2D eigenvalue weighted by Crippen LogP contribution is 2.28. The van der Waals surface area contributed by atoms with Crippen LogP contribution >= 0.6 is 0 Å². The number of methoxy groups -OCH3 is 2. The van der Waals surface area contributed by atoms with Crippen molar-refractivity contribution >= 4 is 5.95 Å². The van der Waals surface area contributed by atoms with Gasteiger partial charge in [0.05, 0.1) is 25.6 Å². The minimum atomic E-state index is 0.649. The summed E-state index contributed by atoms with van der Waals surface area (Å²) in [6, 6.07) is 7.77. The molecule has 136 valence electrons. The van der Waals surface area contributed by atoms with Gasteiger partial charge in [-0.05, 0) is 30.7 Å². The summed E-state index contributed by atoms with van der Waals surface area (Å²) in [7, 11) is 7.13. The van der Waals surface area contributed by atoms with Gasteiger partial charge in [-0.25, -0.2) is 9.97 Å². The Balaban J connectivity index is 1.83. The number of ether oxygens (including phenoxy) is 2. The number of nitrogens with zero attached hydrogens (tertiary/aromatic N) is 5. The van der Waals surface area contributed by atoms with E-state index in [4.69, 9.17) is 14.5 Å². The van der Waals surface area contributed by atoms with E-state index in [1.807, 2.05) is 56.4 Å². The topological polar surface area (TPSA) is 65.3 Å². The van der Waals surface area contributed by atoms with E-state index >= 15 is 0 Å². The molecule has 0 bridgehead atoms. The van der Waals surface area contributed by atoms with Crippen LogP contribution < -0.4 is 14.4 Å². The van der Waals surface area contributed by atoms with Gasteiger partial charge in [0, 0.05) is 38.6 Å². The van der Waals surface area contributed by atoms with Crippen LogP contribution in [-0.4, -0.2) is 41.0 Å². The first-order valence-corrected chi connectivity index (χ1v) is 8.27. The highest BCUT2D eigenvalue weighted by molar-refractivity contribution is 5.61. The summed E-state index contributed by atoms with van der Waals surface area (Å²) < 4.78 is 12.5. The van der Waals surface area contributed by atoms with Crippen LogP contribution in [0.4, 0.5) is 5.95 Å². The van der Waals surface area contributed by atoms with Crippen molar-refractivity contribution in [2.24, 2.45) is 7.05 Å². The highest BCUT2D eigenvalue weighted by atomic mass is 16.5. The van der Waals surface area contributed by atoms with Crippen molar-refractivity contribution < 1.29 is 9.47 Å². The molecule has 2 aromatic heterocycles. The van der Waals surface area contributed by atoms with Gasteiger partial charge in [0.15, 0.2) is 11.5 Å². The summed E-state index contributed by atoms with van der Waals surface area (Å²) in [5, 5.41) is 4.38. The summed E-state index contributed by atoms with van der Waals surface area (Å²) >= 11 is 0. The number of aryl methyl sites for hydroxylation is 2. The third kappa shape index (κ3) is 3.61. The van der Waals surface area contributed by atoms with E-state index in [1.54, 1.807) is 25.1 Å². The second-order valence-corrected chi connectivity index (χ2v) is 6.09. The van der Waals surface area contributed by atoms with Gasteiger partial charge in [0.1, 0.15) is 0 Å². The molecule has 3 rings (SSSR count). The molecule has 2 heterocycles. The number of hydrogen-bond acceptors (Lipinski definition) is 6. The SMILES string of the molecule is COc1ccc(CN(C)c2nccc(-c3cn(C)nc3C)n2)cc1OC. The highest BCUT2D eigenvalue weighted by Gasteiger charge is 2.12. The Hall–Kier alpha value is -3.09. The fourth-order valence-corrected chi connectivity index (χ4v) is 2.86. The lowest BCUT2D eigenvalue weighted by atomic mass is 10.2. The molecular formula is C19H23N5O2. The molecule has 0 fully saturated rings. The lowest BCUT2D eigenvalue weighted by Gasteiger charge is -2.18. The molecule has 0 radical (unpaired) electrons. The minimum absolute atomic E-state index is 0.649. The van der Waals surface area contributed by atoms with Crippen LogP contribution in [0.3, 0.4) is 0 Å². The van der Waals surface area contributed by atoms with Crippen LogP contribution in [0.2, 0.25) is 0 Å². The van der Waals surface area contributed by atoms with Crippen molar-refractivity contribution in [1.29, 1.82) is 0 Å². The Morgan fingerprint density at radius 3 is 2.54 bits per heavy atom. The van der Waals surface area contributed by atoms with Crippen molar-refractivity contribution in [1.82, 2.24) is 19.7 Å². The summed E-state index contributed by atoms with van der Waals surface area (Å²) in [4.78, 5) is 11.1. The van der Waals surface area contributed by atoms with E-state index in [-0.39, 0.29) is 0 Å². The second kappa shape index (κ2) is 7.43. The lowest BCUT2D eigenvalue weighted by Crippen LogP contribution is -2.19. The molecule has 7 heteroatoms. The number of rotatable bonds is 6. The van der Waals surface area contributed by atoms with E-state index in [1.165, 1.54) is 0 Å². The van der Waals surface area contributed by atoms with Crippen molar-refractivity contribution in [3.8, 4) is 22.8 Å². The van der Waals surface area contributed by atoms with Crippen LogP contribution in [0, 0.1) is 6.92 Å². The smallest absolute Gasteiger partial charge is 0.225 e. The molecule has 0 spiro atoms. The zero-order valence-electron chi connectivity index (χ0n) is 15.7. The summed E-state index contributed by atoms with van der Waals surface area (Å²) in [6.07, 6.45) is 3.74. The lowest BCUT2D eigenvalue weighted by molar-refractivity contribution is 0.354. The largest absolute Gasteiger partial charge is 0.493 e. The molecular weight excluding hydrogens is 330 g/mol. The maximum atomic E-state index is 5.37. The van der Waals surface area contributed by atoms with Crippen LogP contribution in [0.1, 0.15) is 11.3 Å². The van der Waals surface area contributed by atoms with E-state index in [9.17, 15) is 0 Å². The van der Waals surface area contributed by atoms with Crippen LogP contribution in [0.15, 0.2) is 36.7 Å². The quantitative estimate of drug-likeness (QED) is 0.679. The number of anilines is 1. The monoisotopic (exact) mass is 353 g/mol. The van der Waals surface area contributed by atoms with E-state index < -0.39 is 0 Å². The summed E-state index contributed by atoms with van der Waals surface area (Å²) in [5.41, 5.74) is 3.90. The van der Waals surface area contributed by atoms with Crippen LogP contribution in [0.5, 0.6) is 11.5 Å². The molecule has 7 nitrogen and oxygen atoms in total. The van der Waals surface area contributed by atoms with Gasteiger partial charge in [0.2, 0.25) is 5.95 Å². The fraction of sp³-hybridized carbons (Fsp3) is 0.316. The zero-order valence-corrected chi connectivity index (χ0v) is 15.7. The molecule has 0 N–H and O–H groups in total. The second-order valence-electron chi connectivity index (χ2n) is 6.09. The van der Waals surface area contributed by atoms with Gasteiger partial charge in [-0.2, -0.15) is 5.10 Å². The first kappa shape index (κ1) is 17.7. The molecule has 0 aliphatic carbocycles. The average molecular weight is 353 g/mol. The Labute approximate surface area is 153 Å². The van der Waals surface area contributed by atoms with Gasteiger partial charge < -0.3 is 14.4 Å². The van der Waals surface area contributed by atoms with E-state index in [0.717, 1.165) is 22.5 Å². The number of hydrogen-bond donors (Lipinski definition) is 0. The fourth-order valence-electron chi connectivity index (χ4n) is 2.86. The van der Waals surface area contributed by atoms with Gasteiger partial charge in [-0.15, -0.1) is 0 Å². The molecule has 0 aliphatic heterocycles. The molecule has 1 aromatic carbocycles. The van der Waals surface area contributed by atoms with Crippen molar-refractivity contribution in [2.45, 2.75) is 13.5 Å². The average Bonchev–Trinajstić information content (AvgIpc) is 2.99. The van der Waals surface area contributed by atoms with Gasteiger partial charge in [-0.3, -0.25) is 4.68 Å². The van der Waals surface area contributed by atoms with Crippen molar-refractivity contribution in [2.75, 3.05) is 26.2 Å². The third-order valence-corrected chi connectivity index (χ3v) is 4.14. The summed E-state index contributed by atoms with van der Waals surface area (Å²) in [6.45, 7) is 2.63. The molecule has 3 aromatic rings. The molecule has 0 amide bonds. The van der Waals surface area contributed by atoms with Crippen LogP contribution in [-0.2, 0) is 13.6 Å². The van der Waals surface area contributed by atoms with Gasteiger partial charge >= 0.3 is 0 Å². The minimum Gasteiger partial charge on any atom is -0.493 e. The molecule has 0 atom stereocenters. The Kier molecular flexibility index (Phi) is 5.06. The number of benzene rings is 1. The predicted octanol–water partition coefficient (Wildman–Crippen LogP) is 2.84. The maximum absolute atomic E-state index is 5.37. The van der Waals surface area contributed by atoms with E-state index in [0.29, 0.717) is 24.0 Å². The molecule has 0 unspecified atom stereocenters. The molecule has 0 saturated carbocycles. The molecule has 26 heavy (non-hydrogen) atoms. The van der Waals surface area contributed by atoms with Gasteiger partial charge in [-0.1, -0.05) is 6.07 Å². The zero-order chi connectivity index (χ0) is 18.7. The normalized spacial score (nSPS) is 10.7. The first-order valence-electron chi connectivity index (χ1n) is 8.27. The molecule has 0 saturated heterocycles. The number of aromatic nitrogens is 4. The first-order chi connectivity index (χ1) is 12.5. The van der Waals surface area contributed by atoms with Crippen molar-refractivity contribution in [3.63, 3.8) is 0 Å². The van der Waals surface area contributed by atoms with Crippen molar-refractivity contribution in [3.05, 3.63) is 47.9 Å². The molecule has 0 aliphatic rings. The standard InChI is InChI=1S/C19H23N5O2/c1-13-15(12-24(3)22-13)16-8-9-20-19(21-16)23(2)11-14-6-7-17(25-4)18(10-14)26-5/h6-10,12H,11H2,1-5H3. The Bertz CT molecular complexity index is 907. The Morgan fingerprint density at radius 2 is 1.88 bits per heavy atom. The van der Waals surface area contributed by atoms with Gasteiger partial charge in [0.25, 0.3) is 0 Å². The predicted molar refractivity (Wildman–Crippen MR) is 101 cm³/mol. The summed E-state index contributed by atoms with van der Waals surface area (Å²) in [5.74, 6) is 2.07. The Morgan fingerprint density at radius 1 is 1.12 bits per heavy atom. The maximum Gasteiger partial charge on any atom is 0.225 e. The third-order valence-electron chi connectivity index (χ3n) is 4.14.